The molecule has 1 heterocycles. The van der Waals surface area contributed by atoms with Crippen LogP contribution < -0.4 is 4.74 Å². The van der Waals surface area contributed by atoms with Crippen LogP contribution in [0.2, 0.25) is 0 Å². The van der Waals surface area contributed by atoms with Gasteiger partial charge in [0.25, 0.3) is 0 Å². The number of ether oxygens (including phenoxy) is 1. The maximum absolute atomic E-state index is 5.54. The highest BCUT2D eigenvalue weighted by molar-refractivity contribution is 9.10. The number of hydrogen-bond donors (Lipinski definition) is 0. The first kappa shape index (κ1) is 8.11. The number of halogens is 1. The van der Waals surface area contributed by atoms with E-state index in [1.165, 1.54) is 5.56 Å². The second kappa shape index (κ2) is 3.09. The van der Waals surface area contributed by atoms with E-state index in [9.17, 15) is 0 Å². The first-order valence-corrected chi connectivity index (χ1v) is 4.99. The van der Waals surface area contributed by atoms with Crippen LogP contribution in [0.1, 0.15) is 24.8 Å². The van der Waals surface area contributed by atoms with Crippen molar-refractivity contribution in [2.24, 2.45) is 0 Å². The molecule has 12 heavy (non-hydrogen) atoms. The van der Waals surface area contributed by atoms with Gasteiger partial charge in [0.1, 0.15) is 5.75 Å². The van der Waals surface area contributed by atoms with Gasteiger partial charge in [-0.15, -0.1) is 0 Å². The van der Waals surface area contributed by atoms with Crippen LogP contribution in [0.15, 0.2) is 22.7 Å². The van der Waals surface area contributed by atoms with Crippen LogP contribution in [0.25, 0.3) is 0 Å². The van der Waals surface area contributed by atoms with Gasteiger partial charge in [0.2, 0.25) is 0 Å². The fourth-order valence-corrected chi connectivity index (χ4v) is 1.88. The zero-order valence-corrected chi connectivity index (χ0v) is 8.60. The monoisotopic (exact) mass is 226 g/mol. The van der Waals surface area contributed by atoms with Crippen LogP contribution in [0.4, 0.5) is 0 Å². The highest BCUT2D eigenvalue weighted by Crippen LogP contribution is 2.34. The zero-order valence-electron chi connectivity index (χ0n) is 7.01. The Morgan fingerprint density at radius 3 is 3.17 bits per heavy atom. The van der Waals surface area contributed by atoms with Crippen molar-refractivity contribution in [3.8, 4) is 5.75 Å². The molecule has 1 aromatic rings. The third kappa shape index (κ3) is 1.36. The van der Waals surface area contributed by atoms with E-state index in [4.69, 9.17) is 4.74 Å². The van der Waals surface area contributed by atoms with Gasteiger partial charge in [0.15, 0.2) is 0 Å². The summed E-state index contributed by atoms with van der Waals surface area (Å²) in [7, 11) is 0. The minimum Gasteiger partial charge on any atom is -0.493 e. The quantitative estimate of drug-likeness (QED) is 0.660. The molecule has 2 rings (SSSR count). The van der Waals surface area contributed by atoms with Crippen molar-refractivity contribution >= 4 is 15.9 Å². The van der Waals surface area contributed by atoms with Crippen LogP contribution in [0.5, 0.6) is 5.75 Å². The Bertz CT molecular complexity index is 296. The Hall–Kier alpha value is -0.500. The Labute approximate surface area is 80.9 Å². The Kier molecular flexibility index (Phi) is 2.09. The maximum atomic E-state index is 5.54. The molecule has 1 aliphatic rings. The average Bonchev–Trinajstić information content (AvgIpc) is 2.04. The summed E-state index contributed by atoms with van der Waals surface area (Å²) >= 11 is 3.43. The molecule has 64 valence electrons. The highest BCUT2D eigenvalue weighted by atomic mass is 79.9. The molecule has 0 N–H and O–H groups in total. The van der Waals surface area contributed by atoms with Gasteiger partial charge < -0.3 is 4.74 Å². The van der Waals surface area contributed by atoms with E-state index in [1.54, 1.807) is 0 Å². The lowest BCUT2D eigenvalue weighted by Crippen LogP contribution is -2.11. The van der Waals surface area contributed by atoms with Gasteiger partial charge in [0.05, 0.1) is 6.61 Å². The molecular formula is C10H11BrO. The predicted octanol–water partition coefficient (Wildman–Crippen LogP) is 3.34. The number of benzene rings is 1. The first-order chi connectivity index (χ1) is 5.77. The lowest BCUT2D eigenvalue weighted by Gasteiger charge is -2.22. The summed E-state index contributed by atoms with van der Waals surface area (Å²) in [5.41, 5.74) is 1.34. The largest absolute Gasteiger partial charge is 0.493 e. The van der Waals surface area contributed by atoms with Gasteiger partial charge in [-0.1, -0.05) is 28.9 Å². The van der Waals surface area contributed by atoms with Crippen LogP contribution in [0, 0.1) is 0 Å². The normalized spacial score (nSPS) is 21.3. The van der Waals surface area contributed by atoms with Crippen LogP contribution >= 0.6 is 15.9 Å². The molecule has 0 spiro atoms. The summed E-state index contributed by atoms with van der Waals surface area (Å²) in [6.45, 7) is 3.10. The Balaban J connectivity index is 2.46. The Morgan fingerprint density at radius 2 is 2.33 bits per heavy atom. The maximum Gasteiger partial charge on any atom is 0.123 e. The van der Waals surface area contributed by atoms with Crippen LogP contribution in [0.3, 0.4) is 0 Å². The first-order valence-electron chi connectivity index (χ1n) is 4.19. The van der Waals surface area contributed by atoms with Crippen molar-refractivity contribution in [1.82, 2.24) is 0 Å². The van der Waals surface area contributed by atoms with Gasteiger partial charge in [0, 0.05) is 4.47 Å². The summed E-state index contributed by atoms with van der Waals surface area (Å²) in [4.78, 5) is 0. The predicted molar refractivity (Wildman–Crippen MR) is 52.7 cm³/mol. The second-order valence-corrected chi connectivity index (χ2v) is 4.14. The van der Waals surface area contributed by atoms with Crippen molar-refractivity contribution in [3.05, 3.63) is 28.2 Å². The van der Waals surface area contributed by atoms with E-state index in [-0.39, 0.29) is 0 Å². The third-order valence-corrected chi connectivity index (χ3v) is 2.81. The molecule has 0 saturated heterocycles. The number of fused-ring (bicyclic) bond motifs is 1. The summed E-state index contributed by atoms with van der Waals surface area (Å²) < 4.78 is 6.64. The van der Waals surface area contributed by atoms with E-state index in [2.05, 4.69) is 35.0 Å². The minimum absolute atomic E-state index is 0.641. The molecule has 1 nitrogen and oxygen atoms in total. The van der Waals surface area contributed by atoms with Crippen LogP contribution in [-0.2, 0) is 0 Å². The fraction of sp³-hybridized carbons (Fsp3) is 0.400. The van der Waals surface area contributed by atoms with Gasteiger partial charge in [-0.05, 0) is 30.0 Å². The average molecular weight is 227 g/mol. The lowest BCUT2D eigenvalue weighted by molar-refractivity contribution is 0.272. The van der Waals surface area contributed by atoms with Crippen molar-refractivity contribution in [1.29, 1.82) is 0 Å². The smallest absolute Gasteiger partial charge is 0.123 e. The van der Waals surface area contributed by atoms with Gasteiger partial charge >= 0.3 is 0 Å². The van der Waals surface area contributed by atoms with E-state index in [0.29, 0.717) is 5.92 Å². The lowest BCUT2D eigenvalue weighted by atomic mass is 9.95. The SMILES string of the molecule is CC1CCOc2cc(Br)ccc21. The van der Waals surface area contributed by atoms with Crippen molar-refractivity contribution in [3.63, 3.8) is 0 Å². The molecule has 0 bridgehead atoms. The van der Waals surface area contributed by atoms with Gasteiger partial charge in [-0.3, -0.25) is 0 Å². The third-order valence-electron chi connectivity index (χ3n) is 2.31. The number of rotatable bonds is 0. The number of hydrogen-bond acceptors (Lipinski definition) is 1. The topological polar surface area (TPSA) is 9.23 Å². The summed E-state index contributed by atoms with van der Waals surface area (Å²) in [6, 6.07) is 6.26. The molecule has 1 aliphatic heterocycles. The molecule has 2 heteroatoms. The van der Waals surface area contributed by atoms with Gasteiger partial charge in [-0.25, -0.2) is 0 Å². The second-order valence-electron chi connectivity index (χ2n) is 3.22. The molecular weight excluding hydrogens is 216 g/mol. The molecule has 0 aliphatic carbocycles. The van der Waals surface area contributed by atoms with Crippen molar-refractivity contribution < 1.29 is 4.74 Å². The molecule has 0 aromatic heterocycles. The standard InChI is InChI=1S/C10H11BrO/c1-7-4-5-12-10-6-8(11)2-3-9(7)10/h2-3,6-7H,4-5H2,1H3. The van der Waals surface area contributed by atoms with Crippen molar-refractivity contribution in [2.75, 3.05) is 6.61 Å². The van der Waals surface area contributed by atoms with E-state index in [1.807, 2.05) is 6.07 Å². The minimum atomic E-state index is 0.641. The zero-order chi connectivity index (χ0) is 8.55. The molecule has 0 saturated carbocycles. The summed E-state index contributed by atoms with van der Waals surface area (Å²) in [5, 5.41) is 0. The molecule has 0 radical (unpaired) electrons. The molecule has 0 fully saturated rings. The highest BCUT2D eigenvalue weighted by Gasteiger charge is 2.16. The molecule has 1 unspecified atom stereocenters. The molecule has 1 aromatic carbocycles. The van der Waals surface area contributed by atoms with E-state index >= 15 is 0 Å². The molecule has 1 atom stereocenters. The fourth-order valence-electron chi connectivity index (χ4n) is 1.54. The van der Waals surface area contributed by atoms with Crippen molar-refractivity contribution in [2.45, 2.75) is 19.3 Å². The van der Waals surface area contributed by atoms with E-state index in [0.717, 1.165) is 23.2 Å². The molecule has 0 amide bonds. The van der Waals surface area contributed by atoms with Gasteiger partial charge in [-0.2, -0.15) is 0 Å². The van der Waals surface area contributed by atoms with Crippen LogP contribution in [-0.4, -0.2) is 6.61 Å². The summed E-state index contributed by atoms with van der Waals surface area (Å²) in [5.74, 6) is 1.69. The summed E-state index contributed by atoms with van der Waals surface area (Å²) in [6.07, 6.45) is 1.13. The van der Waals surface area contributed by atoms with E-state index < -0.39 is 0 Å². The Morgan fingerprint density at radius 1 is 1.50 bits per heavy atom.